The number of methoxy groups -OCH3 is 1. The maximum absolute atomic E-state index is 11.7. The van der Waals surface area contributed by atoms with E-state index in [1.807, 2.05) is 0 Å². The zero-order valence-electron chi connectivity index (χ0n) is 11.5. The van der Waals surface area contributed by atoms with Crippen molar-refractivity contribution in [2.45, 2.75) is 25.5 Å². The Morgan fingerprint density at radius 1 is 1.55 bits per heavy atom. The van der Waals surface area contributed by atoms with Crippen LogP contribution in [0.1, 0.15) is 13.3 Å². The molecule has 1 heterocycles. The number of aliphatic hydroxyl groups is 1. The van der Waals surface area contributed by atoms with Crippen LogP contribution in [-0.2, 0) is 16.1 Å². The molecule has 0 fully saturated rings. The summed E-state index contributed by atoms with van der Waals surface area (Å²) < 4.78 is 5.93. The number of carbonyl (C=O) groups excluding carboxylic acids is 1. The summed E-state index contributed by atoms with van der Waals surface area (Å²) in [5.41, 5.74) is -2.25. The Hall–Kier alpha value is -1.93. The summed E-state index contributed by atoms with van der Waals surface area (Å²) in [7, 11) is 1.53. The Labute approximate surface area is 115 Å². The van der Waals surface area contributed by atoms with Crippen LogP contribution in [0.3, 0.4) is 0 Å². The van der Waals surface area contributed by atoms with Crippen LogP contribution in [0.4, 0.5) is 0 Å². The fourth-order valence-electron chi connectivity index (χ4n) is 1.48. The van der Waals surface area contributed by atoms with Crippen molar-refractivity contribution in [3.05, 3.63) is 33.1 Å². The molecule has 1 atom stereocenters. The van der Waals surface area contributed by atoms with Crippen LogP contribution in [0.25, 0.3) is 0 Å². The SMILES string of the molecule is COCCC(C)(O)CNC(=O)Cn1ccc(=O)[nH]c1=O. The smallest absolute Gasteiger partial charge is 0.328 e. The lowest BCUT2D eigenvalue weighted by atomic mass is 10.0. The molecule has 0 aliphatic rings. The van der Waals surface area contributed by atoms with Crippen molar-refractivity contribution in [3.8, 4) is 0 Å². The van der Waals surface area contributed by atoms with Gasteiger partial charge in [0.2, 0.25) is 5.91 Å². The highest BCUT2D eigenvalue weighted by Gasteiger charge is 2.20. The molecule has 8 nitrogen and oxygen atoms in total. The van der Waals surface area contributed by atoms with Gasteiger partial charge in [-0.25, -0.2) is 4.79 Å². The fraction of sp³-hybridized carbons (Fsp3) is 0.583. The molecular weight excluding hydrogens is 266 g/mol. The van der Waals surface area contributed by atoms with E-state index in [-0.39, 0.29) is 13.1 Å². The average Bonchev–Trinajstić information content (AvgIpc) is 2.38. The van der Waals surface area contributed by atoms with Gasteiger partial charge in [-0.15, -0.1) is 0 Å². The van der Waals surface area contributed by atoms with Crippen molar-refractivity contribution in [2.24, 2.45) is 0 Å². The Bertz CT molecular complexity index is 561. The molecule has 1 aromatic rings. The topological polar surface area (TPSA) is 113 Å². The lowest BCUT2D eigenvalue weighted by Gasteiger charge is -2.23. The van der Waals surface area contributed by atoms with E-state index in [1.165, 1.54) is 13.3 Å². The molecule has 1 rings (SSSR count). The normalized spacial score (nSPS) is 13.8. The second-order valence-electron chi connectivity index (χ2n) is 4.75. The first-order valence-corrected chi connectivity index (χ1v) is 6.12. The van der Waals surface area contributed by atoms with Gasteiger partial charge in [0, 0.05) is 38.9 Å². The molecule has 0 aliphatic heterocycles. The fourth-order valence-corrected chi connectivity index (χ4v) is 1.48. The zero-order valence-corrected chi connectivity index (χ0v) is 11.5. The summed E-state index contributed by atoms with van der Waals surface area (Å²) in [6.07, 6.45) is 1.62. The molecule has 0 radical (unpaired) electrons. The monoisotopic (exact) mass is 285 g/mol. The summed E-state index contributed by atoms with van der Waals surface area (Å²) in [5, 5.41) is 12.5. The third kappa shape index (κ3) is 5.37. The number of amides is 1. The minimum Gasteiger partial charge on any atom is -0.388 e. The highest BCUT2D eigenvalue weighted by molar-refractivity contribution is 5.75. The molecule has 112 valence electrons. The van der Waals surface area contributed by atoms with Crippen LogP contribution in [0.5, 0.6) is 0 Å². The lowest BCUT2D eigenvalue weighted by Crippen LogP contribution is -2.43. The Kier molecular flexibility index (Phi) is 5.66. The van der Waals surface area contributed by atoms with E-state index < -0.39 is 22.8 Å². The van der Waals surface area contributed by atoms with Gasteiger partial charge in [0.25, 0.3) is 5.56 Å². The molecule has 20 heavy (non-hydrogen) atoms. The number of nitrogens with zero attached hydrogens (tertiary/aromatic N) is 1. The third-order valence-corrected chi connectivity index (χ3v) is 2.72. The van der Waals surface area contributed by atoms with Gasteiger partial charge >= 0.3 is 5.69 Å². The van der Waals surface area contributed by atoms with Crippen molar-refractivity contribution < 1.29 is 14.6 Å². The molecule has 0 aliphatic carbocycles. The van der Waals surface area contributed by atoms with Crippen LogP contribution < -0.4 is 16.6 Å². The van der Waals surface area contributed by atoms with Gasteiger partial charge in [-0.3, -0.25) is 19.1 Å². The van der Waals surface area contributed by atoms with E-state index in [9.17, 15) is 19.5 Å². The number of nitrogens with one attached hydrogen (secondary N) is 2. The number of hydrogen-bond donors (Lipinski definition) is 3. The van der Waals surface area contributed by atoms with Gasteiger partial charge in [0.15, 0.2) is 0 Å². The van der Waals surface area contributed by atoms with Crippen LogP contribution >= 0.6 is 0 Å². The molecule has 0 bridgehead atoms. The predicted octanol–water partition coefficient (Wildman–Crippen LogP) is -1.56. The van der Waals surface area contributed by atoms with Gasteiger partial charge in [-0.05, 0) is 6.92 Å². The van der Waals surface area contributed by atoms with Gasteiger partial charge in [0.05, 0.1) is 5.60 Å². The summed E-state index contributed by atoms with van der Waals surface area (Å²) in [4.78, 5) is 36.0. The van der Waals surface area contributed by atoms with E-state index in [1.54, 1.807) is 6.92 Å². The highest BCUT2D eigenvalue weighted by Crippen LogP contribution is 2.07. The quantitative estimate of drug-likeness (QED) is 0.561. The maximum Gasteiger partial charge on any atom is 0.328 e. The van der Waals surface area contributed by atoms with E-state index in [2.05, 4.69) is 10.3 Å². The third-order valence-electron chi connectivity index (χ3n) is 2.72. The second kappa shape index (κ2) is 7.01. The van der Waals surface area contributed by atoms with Crippen molar-refractivity contribution in [2.75, 3.05) is 20.3 Å². The molecule has 0 saturated carbocycles. The summed E-state index contributed by atoms with van der Waals surface area (Å²) in [6, 6.07) is 1.16. The van der Waals surface area contributed by atoms with Gasteiger partial charge < -0.3 is 15.2 Å². The average molecular weight is 285 g/mol. The number of hydrogen-bond acceptors (Lipinski definition) is 5. The summed E-state index contributed by atoms with van der Waals surface area (Å²) in [6.45, 7) is 1.78. The first-order chi connectivity index (χ1) is 9.34. The van der Waals surface area contributed by atoms with E-state index in [0.29, 0.717) is 13.0 Å². The van der Waals surface area contributed by atoms with E-state index >= 15 is 0 Å². The first-order valence-electron chi connectivity index (χ1n) is 6.12. The standard InChI is InChI=1S/C12H19N3O5/c1-12(19,4-6-20-2)8-13-10(17)7-15-5-3-9(16)14-11(15)18/h3,5,19H,4,6-8H2,1-2H3,(H,13,17)(H,14,16,18). The van der Waals surface area contributed by atoms with Gasteiger partial charge in [0.1, 0.15) is 6.54 Å². The zero-order chi connectivity index (χ0) is 15.2. The number of carbonyl (C=O) groups is 1. The highest BCUT2D eigenvalue weighted by atomic mass is 16.5. The van der Waals surface area contributed by atoms with Crippen LogP contribution in [0, 0.1) is 0 Å². The largest absolute Gasteiger partial charge is 0.388 e. The van der Waals surface area contributed by atoms with Crippen LogP contribution in [-0.4, -0.2) is 46.4 Å². The van der Waals surface area contributed by atoms with E-state index in [0.717, 1.165) is 10.6 Å². The molecule has 1 amide bonds. The summed E-state index contributed by atoms with van der Waals surface area (Å²) in [5.74, 6) is -0.433. The second-order valence-corrected chi connectivity index (χ2v) is 4.75. The van der Waals surface area contributed by atoms with Crippen LogP contribution in [0.15, 0.2) is 21.9 Å². The van der Waals surface area contributed by atoms with Crippen molar-refractivity contribution in [1.82, 2.24) is 14.9 Å². The van der Waals surface area contributed by atoms with E-state index in [4.69, 9.17) is 4.74 Å². The number of ether oxygens (including phenoxy) is 1. The first kappa shape index (κ1) is 16.1. The minimum absolute atomic E-state index is 0.0489. The number of aromatic nitrogens is 2. The molecule has 1 unspecified atom stereocenters. The summed E-state index contributed by atoms with van der Waals surface area (Å²) >= 11 is 0. The molecule has 1 aromatic heterocycles. The predicted molar refractivity (Wildman–Crippen MR) is 71.4 cm³/mol. The van der Waals surface area contributed by atoms with Crippen molar-refractivity contribution in [3.63, 3.8) is 0 Å². The number of rotatable bonds is 7. The maximum atomic E-state index is 11.7. The number of aromatic amines is 1. The molecular formula is C12H19N3O5. The molecule has 0 aromatic carbocycles. The Morgan fingerprint density at radius 2 is 2.25 bits per heavy atom. The van der Waals surface area contributed by atoms with Gasteiger partial charge in [-0.1, -0.05) is 0 Å². The van der Waals surface area contributed by atoms with Crippen molar-refractivity contribution in [1.29, 1.82) is 0 Å². The molecule has 0 spiro atoms. The minimum atomic E-state index is -1.08. The molecule has 3 N–H and O–H groups in total. The number of H-pyrrole nitrogens is 1. The molecule has 0 saturated heterocycles. The molecule has 8 heteroatoms. The Balaban J connectivity index is 2.52. The van der Waals surface area contributed by atoms with Crippen LogP contribution in [0.2, 0.25) is 0 Å². The Morgan fingerprint density at radius 3 is 2.85 bits per heavy atom. The van der Waals surface area contributed by atoms with Gasteiger partial charge in [-0.2, -0.15) is 0 Å². The lowest BCUT2D eigenvalue weighted by molar-refractivity contribution is -0.123. The van der Waals surface area contributed by atoms with Crippen molar-refractivity contribution >= 4 is 5.91 Å².